The Morgan fingerprint density at radius 3 is 3.06 bits per heavy atom. The summed E-state index contributed by atoms with van der Waals surface area (Å²) in [6.07, 6.45) is 5.56. The smallest absolute Gasteiger partial charge is 0.135 e. The van der Waals surface area contributed by atoms with Crippen LogP contribution in [0.1, 0.15) is 31.1 Å². The predicted octanol–water partition coefficient (Wildman–Crippen LogP) is 3.81. The van der Waals surface area contributed by atoms with E-state index in [1.807, 2.05) is 6.33 Å². The molecule has 0 aliphatic carbocycles. The molecule has 2 aromatic rings. The number of aromatic nitrogens is 2. The highest BCUT2D eigenvalue weighted by atomic mass is 79.9. The van der Waals surface area contributed by atoms with Gasteiger partial charge in [0.2, 0.25) is 0 Å². The number of halogens is 1. The van der Waals surface area contributed by atoms with Crippen molar-refractivity contribution in [2.45, 2.75) is 32.4 Å². The third-order valence-corrected chi connectivity index (χ3v) is 4.26. The Bertz CT molecular complexity index is 544. The maximum atomic E-state index is 5.81. The summed E-state index contributed by atoms with van der Waals surface area (Å²) in [4.78, 5) is 4.51. The summed E-state index contributed by atoms with van der Waals surface area (Å²) in [7, 11) is 0. The van der Waals surface area contributed by atoms with Gasteiger partial charge in [0, 0.05) is 11.1 Å². The summed E-state index contributed by atoms with van der Waals surface area (Å²) in [6.45, 7) is 2.95. The number of aryl methyl sites for hydroxylation is 1. The molecule has 1 aromatic carbocycles. The van der Waals surface area contributed by atoms with Crippen LogP contribution >= 0.6 is 15.9 Å². The fraction of sp³-hybridized carbons (Fsp3) is 0.462. The lowest BCUT2D eigenvalue weighted by Crippen LogP contribution is -2.17. The van der Waals surface area contributed by atoms with Gasteiger partial charge in [-0.15, -0.1) is 0 Å². The maximum Gasteiger partial charge on any atom is 0.135 e. The van der Waals surface area contributed by atoms with Crippen molar-refractivity contribution in [3.05, 3.63) is 28.5 Å². The SMILES string of the molecule is Cc1c(Br)ccc2c1ncn2C1CCCCO1. The van der Waals surface area contributed by atoms with Crippen molar-refractivity contribution in [3.63, 3.8) is 0 Å². The molecule has 2 heterocycles. The number of imidazole rings is 1. The second-order valence-corrected chi connectivity index (χ2v) is 5.37. The molecule has 1 aromatic heterocycles. The van der Waals surface area contributed by atoms with Crippen LogP contribution < -0.4 is 0 Å². The molecule has 1 aliphatic heterocycles. The second kappa shape index (κ2) is 4.42. The summed E-state index contributed by atoms with van der Waals surface area (Å²) >= 11 is 3.54. The minimum Gasteiger partial charge on any atom is -0.358 e. The molecule has 1 aliphatic rings. The van der Waals surface area contributed by atoms with Gasteiger partial charge in [-0.1, -0.05) is 15.9 Å². The van der Waals surface area contributed by atoms with E-state index < -0.39 is 0 Å². The number of ether oxygens (including phenoxy) is 1. The monoisotopic (exact) mass is 294 g/mol. The number of fused-ring (bicyclic) bond motifs is 1. The van der Waals surface area contributed by atoms with Crippen LogP contribution in [0.25, 0.3) is 11.0 Å². The minimum atomic E-state index is 0.161. The van der Waals surface area contributed by atoms with Gasteiger partial charge in [-0.2, -0.15) is 0 Å². The highest BCUT2D eigenvalue weighted by Crippen LogP contribution is 2.29. The molecule has 4 heteroatoms. The van der Waals surface area contributed by atoms with Crippen LogP contribution in [-0.2, 0) is 4.74 Å². The molecule has 0 radical (unpaired) electrons. The first kappa shape index (κ1) is 11.2. The molecular formula is C13H15BrN2O. The summed E-state index contributed by atoms with van der Waals surface area (Å²) in [5, 5.41) is 0. The number of nitrogens with zero attached hydrogens (tertiary/aromatic N) is 2. The van der Waals surface area contributed by atoms with Crippen molar-refractivity contribution in [2.75, 3.05) is 6.61 Å². The van der Waals surface area contributed by atoms with Crippen molar-refractivity contribution < 1.29 is 4.74 Å². The van der Waals surface area contributed by atoms with Gasteiger partial charge in [-0.25, -0.2) is 4.98 Å². The van der Waals surface area contributed by atoms with E-state index in [1.54, 1.807) is 0 Å². The van der Waals surface area contributed by atoms with Crippen molar-refractivity contribution in [1.29, 1.82) is 0 Å². The van der Waals surface area contributed by atoms with E-state index in [-0.39, 0.29) is 6.23 Å². The zero-order valence-corrected chi connectivity index (χ0v) is 11.4. The summed E-state index contributed by atoms with van der Waals surface area (Å²) in [5.74, 6) is 0. The Labute approximate surface area is 109 Å². The number of hydrogen-bond donors (Lipinski definition) is 0. The molecule has 90 valence electrons. The average molecular weight is 295 g/mol. The number of rotatable bonds is 1. The Morgan fingerprint density at radius 2 is 2.29 bits per heavy atom. The molecule has 1 atom stereocenters. The van der Waals surface area contributed by atoms with Gasteiger partial charge in [0.25, 0.3) is 0 Å². The van der Waals surface area contributed by atoms with E-state index in [0.717, 1.165) is 28.5 Å². The zero-order valence-electron chi connectivity index (χ0n) is 9.82. The Balaban J connectivity index is 2.08. The van der Waals surface area contributed by atoms with Crippen LogP contribution in [0.15, 0.2) is 22.9 Å². The summed E-state index contributed by atoms with van der Waals surface area (Å²) in [6, 6.07) is 4.19. The number of hydrogen-bond acceptors (Lipinski definition) is 2. The van der Waals surface area contributed by atoms with Gasteiger partial charge in [-0.05, 0) is 43.9 Å². The Hall–Kier alpha value is -0.870. The molecule has 17 heavy (non-hydrogen) atoms. The van der Waals surface area contributed by atoms with Gasteiger partial charge in [0.1, 0.15) is 6.23 Å². The molecule has 1 unspecified atom stereocenters. The first-order chi connectivity index (χ1) is 8.27. The highest BCUT2D eigenvalue weighted by Gasteiger charge is 2.18. The molecule has 0 saturated carbocycles. The molecule has 0 spiro atoms. The van der Waals surface area contributed by atoms with E-state index in [0.29, 0.717) is 0 Å². The largest absolute Gasteiger partial charge is 0.358 e. The fourth-order valence-corrected chi connectivity index (χ4v) is 2.71. The lowest BCUT2D eigenvalue weighted by molar-refractivity contribution is -0.0295. The van der Waals surface area contributed by atoms with Crippen molar-refractivity contribution in [1.82, 2.24) is 9.55 Å². The van der Waals surface area contributed by atoms with Gasteiger partial charge in [-0.3, -0.25) is 0 Å². The van der Waals surface area contributed by atoms with Crippen molar-refractivity contribution in [2.24, 2.45) is 0 Å². The van der Waals surface area contributed by atoms with Crippen LogP contribution in [0, 0.1) is 6.92 Å². The minimum absolute atomic E-state index is 0.161. The third kappa shape index (κ3) is 1.89. The normalized spacial score (nSPS) is 20.9. The maximum absolute atomic E-state index is 5.81. The molecule has 3 nitrogen and oxygen atoms in total. The van der Waals surface area contributed by atoms with Crippen LogP contribution in [0.2, 0.25) is 0 Å². The molecule has 0 bridgehead atoms. The van der Waals surface area contributed by atoms with E-state index in [2.05, 4.69) is 44.5 Å². The third-order valence-electron chi connectivity index (χ3n) is 3.40. The molecule has 1 saturated heterocycles. The molecule has 0 amide bonds. The lowest BCUT2D eigenvalue weighted by atomic mass is 10.1. The quantitative estimate of drug-likeness (QED) is 0.800. The van der Waals surface area contributed by atoms with Crippen molar-refractivity contribution >= 4 is 27.0 Å². The summed E-state index contributed by atoms with van der Waals surface area (Å²) < 4.78 is 9.08. The summed E-state index contributed by atoms with van der Waals surface area (Å²) in [5.41, 5.74) is 3.42. The fourth-order valence-electron chi connectivity index (χ4n) is 2.39. The van der Waals surface area contributed by atoms with E-state index >= 15 is 0 Å². The van der Waals surface area contributed by atoms with E-state index in [9.17, 15) is 0 Å². The van der Waals surface area contributed by atoms with E-state index in [1.165, 1.54) is 18.4 Å². The topological polar surface area (TPSA) is 27.1 Å². The van der Waals surface area contributed by atoms with Crippen LogP contribution in [-0.4, -0.2) is 16.2 Å². The first-order valence-corrected chi connectivity index (χ1v) is 6.80. The molecule has 3 rings (SSSR count). The Morgan fingerprint density at radius 1 is 1.41 bits per heavy atom. The zero-order chi connectivity index (χ0) is 11.8. The van der Waals surface area contributed by atoms with E-state index in [4.69, 9.17) is 4.74 Å². The van der Waals surface area contributed by atoms with Crippen LogP contribution in [0.5, 0.6) is 0 Å². The average Bonchev–Trinajstić information content (AvgIpc) is 2.79. The lowest BCUT2D eigenvalue weighted by Gasteiger charge is -2.24. The van der Waals surface area contributed by atoms with Crippen LogP contribution in [0.4, 0.5) is 0 Å². The molecule has 0 N–H and O–H groups in total. The second-order valence-electron chi connectivity index (χ2n) is 4.51. The van der Waals surface area contributed by atoms with Gasteiger partial charge >= 0.3 is 0 Å². The molecular weight excluding hydrogens is 280 g/mol. The molecule has 1 fully saturated rings. The standard InChI is InChI=1S/C13H15BrN2O/c1-9-10(14)5-6-11-13(9)15-8-16(11)12-4-2-3-7-17-12/h5-6,8,12H,2-4,7H2,1H3. The van der Waals surface area contributed by atoms with Crippen LogP contribution in [0.3, 0.4) is 0 Å². The predicted molar refractivity (Wildman–Crippen MR) is 71.0 cm³/mol. The van der Waals surface area contributed by atoms with Gasteiger partial charge < -0.3 is 9.30 Å². The van der Waals surface area contributed by atoms with Gasteiger partial charge in [0.05, 0.1) is 17.4 Å². The van der Waals surface area contributed by atoms with Crippen molar-refractivity contribution in [3.8, 4) is 0 Å². The van der Waals surface area contributed by atoms with Gasteiger partial charge in [0.15, 0.2) is 0 Å². The first-order valence-electron chi connectivity index (χ1n) is 6.00. The number of benzene rings is 1. The Kier molecular flexibility index (Phi) is 2.92. The highest BCUT2D eigenvalue weighted by molar-refractivity contribution is 9.10.